The number of carboxylic acid groups (broad SMARTS) is 1. The lowest BCUT2D eigenvalue weighted by Crippen LogP contribution is -2.12. The number of rotatable bonds is 6. The fourth-order valence-corrected chi connectivity index (χ4v) is 1.44. The van der Waals surface area contributed by atoms with Gasteiger partial charge in [0.2, 0.25) is 5.91 Å². The topological polar surface area (TPSA) is 83.5 Å². The van der Waals surface area contributed by atoms with Crippen molar-refractivity contribution in [3.8, 4) is 0 Å². The Labute approximate surface area is 105 Å². The maximum atomic E-state index is 11.5. The van der Waals surface area contributed by atoms with E-state index < -0.39 is 5.97 Å². The van der Waals surface area contributed by atoms with Crippen LogP contribution in [0, 0.1) is 0 Å². The van der Waals surface area contributed by atoms with Crippen molar-refractivity contribution in [2.24, 2.45) is 0 Å². The predicted octanol–water partition coefficient (Wildman–Crippen LogP) is 2.08. The van der Waals surface area contributed by atoms with Crippen LogP contribution in [-0.4, -0.2) is 22.8 Å². The van der Waals surface area contributed by atoms with Crippen LogP contribution in [0.3, 0.4) is 0 Å². The molecule has 1 rings (SSSR count). The summed E-state index contributed by atoms with van der Waals surface area (Å²) in [7, 11) is 0. The van der Waals surface area contributed by atoms with Crippen LogP contribution < -0.4 is 5.32 Å². The summed E-state index contributed by atoms with van der Waals surface area (Å²) < 4.78 is 0. The van der Waals surface area contributed by atoms with Crippen LogP contribution in [0.5, 0.6) is 0 Å². The summed E-state index contributed by atoms with van der Waals surface area (Å²) in [4.78, 5) is 32.9. The summed E-state index contributed by atoms with van der Waals surface area (Å²) >= 11 is 0. The van der Waals surface area contributed by atoms with Crippen LogP contribution >= 0.6 is 0 Å². The highest BCUT2D eigenvalue weighted by atomic mass is 16.4. The number of nitrogens with one attached hydrogen (secondary N) is 1. The maximum absolute atomic E-state index is 11.5. The van der Waals surface area contributed by atoms with Crippen molar-refractivity contribution < 1.29 is 19.5 Å². The number of benzene rings is 1. The van der Waals surface area contributed by atoms with Crippen LogP contribution in [0.2, 0.25) is 0 Å². The van der Waals surface area contributed by atoms with Crippen molar-refractivity contribution in [3.05, 3.63) is 29.8 Å². The third-order valence-corrected chi connectivity index (χ3v) is 2.35. The standard InChI is InChI=1S/C13H15NO4/c1-9(15)10-4-2-5-11(8-10)14-12(16)6-3-7-13(17)18/h2,4-5,8H,3,6-7H2,1H3,(H,14,16)(H,17,18). The second-order valence-corrected chi connectivity index (χ2v) is 3.93. The highest BCUT2D eigenvalue weighted by molar-refractivity contribution is 5.97. The monoisotopic (exact) mass is 249 g/mol. The minimum absolute atomic E-state index is 0.0269. The summed E-state index contributed by atoms with van der Waals surface area (Å²) in [5, 5.41) is 11.1. The molecule has 0 aliphatic carbocycles. The second-order valence-electron chi connectivity index (χ2n) is 3.93. The maximum Gasteiger partial charge on any atom is 0.303 e. The van der Waals surface area contributed by atoms with E-state index in [1.54, 1.807) is 24.3 Å². The first-order chi connectivity index (χ1) is 8.49. The molecule has 0 aliphatic heterocycles. The highest BCUT2D eigenvalue weighted by Gasteiger charge is 2.06. The van der Waals surface area contributed by atoms with Crippen molar-refractivity contribution in [3.63, 3.8) is 0 Å². The number of hydrogen-bond acceptors (Lipinski definition) is 3. The van der Waals surface area contributed by atoms with E-state index in [-0.39, 0.29) is 24.5 Å². The number of carbonyl (C=O) groups is 3. The molecule has 1 aromatic carbocycles. The molecule has 0 aliphatic rings. The van der Waals surface area contributed by atoms with E-state index in [0.717, 1.165) is 0 Å². The van der Waals surface area contributed by atoms with Gasteiger partial charge in [0.15, 0.2) is 5.78 Å². The quantitative estimate of drug-likeness (QED) is 0.756. The number of aliphatic carboxylic acids is 1. The van der Waals surface area contributed by atoms with Crippen LogP contribution in [0.1, 0.15) is 36.5 Å². The molecular formula is C13H15NO4. The Morgan fingerprint density at radius 2 is 1.94 bits per heavy atom. The number of anilines is 1. The lowest BCUT2D eigenvalue weighted by molar-refractivity contribution is -0.137. The van der Waals surface area contributed by atoms with Gasteiger partial charge in [-0.05, 0) is 25.5 Å². The molecule has 0 atom stereocenters. The van der Waals surface area contributed by atoms with E-state index in [9.17, 15) is 14.4 Å². The fraction of sp³-hybridized carbons (Fsp3) is 0.308. The molecule has 2 N–H and O–H groups in total. The third kappa shape index (κ3) is 4.78. The van der Waals surface area contributed by atoms with Crippen molar-refractivity contribution >= 4 is 23.3 Å². The second kappa shape index (κ2) is 6.54. The van der Waals surface area contributed by atoms with Crippen molar-refractivity contribution in [2.45, 2.75) is 26.2 Å². The third-order valence-electron chi connectivity index (χ3n) is 2.35. The average Bonchev–Trinajstić information content (AvgIpc) is 2.28. The number of ketones is 1. The molecule has 0 unspecified atom stereocenters. The zero-order chi connectivity index (χ0) is 13.5. The zero-order valence-electron chi connectivity index (χ0n) is 10.1. The largest absolute Gasteiger partial charge is 0.481 e. The molecule has 0 saturated heterocycles. The first-order valence-corrected chi connectivity index (χ1v) is 5.61. The van der Waals surface area contributed by atoms with E-state index >= 15 is 0 Å². The van der Waals surface area contributed by atoms with Gasteiger partial charge in [-0.15, -0.1) is 0 Å². The Balaban J connectivity index is 2.51. The lowest BCUT2D eigenvalue weighted by atomic mass is 10.1. The molecule has 0 heterocycles. The van der Waals surface area contributed by atoms with Crippen LogP contribution in [-0.2, 0) is 9.59 Å². The van der Waals surface area contributed by atoms with E-state index in [0.29, 0.717) is 17.7 Å². The predicted molar refractivity (Wildman–Crippen MR) is 66.6 cm³/mol. The molecule has 0 saturated carbocycles. The Morgan fingerprint density at radius 3 is 2.56 bits per heavy atom. The van der Waals surface area contributed by atoms with Crippen molar-refractivity contribution in [2.75, 3.05) is 5.32 Å². The molecule has 0 spiro atoms. The smallest absolute Gasteiger partial charge is 0.303 e. The van der Waals surface area contributed by atoms with Gasteiger partial charge in [0.1, 0.15) is 0 Å². The first-order valence-electron chi connectivity index (χ1n) is 5.61. The highest BCUT2D eigenvalue weighted by Crippen LogP contribution is 2.12. The Kier molecular flexibility index (Phi) is 5.05. The summed E-state index contributed by atoms with van der Waals surface area (Å²) in [5.41, 5.74) is 1.07. The molecule has 0 aromatic heterocycles. The Morgan fingerprint density at radius 1 is 1.22 bits per heavy atom. The number of Topliss-reactive ketones (excluding diaryl/α,β-unsaturated/α-hetero) is 1. The molecule has 5 heteroatoms. The minimum Gasteiger partial charge on any atom is -0.481 e. The van der Waals surface area contributed by atoms with Gasteiger partial charge >= 0.3 is 5.97 Å². The molecule has 0 radical (unpaired) electrons. The molecule has 1 aromatic rings. The molecule has 1 amide bonds. The summed E-state index contributed by atoms with van der Waals surface area (Å²) in [6, 6.07) is 6.63. The lowest BCUT2D eigenvalue weighted by Gasteiger charge is -2.05. The number of carboxylic acids is 1. The van der Waals surface area contributed by atoms with Gasteiger partial charge in [0.25, 0.3) is 0 Å². The zero-order valence-corrected chi connectivity index (χ0v) is 10.1. The van der Waals surface area contributed by atoms with Gasteiger partial charge in [-0.1, -0.05) is 12.1 Å². The van der Waals surface area contributed by atoms with Crippen LogP contribution in [0.15, 0.2) is 24.3 Å². The van der Waals surface area contributed by atoms with Gasteiger partial charge in [-0.2, -0.15) is 0 Å². The van der Waals surface area contributed by atoms with E-state index in [4.69, 9.17) is 5.11 Å². The fourth-order valence-electron chi connectivity index (χ4n) is 1.44. The summed E-state index contributed by atoms with van der Waals surface area (Å²) in [5.74, 6) is -1.24. The summed E-state index contributed by atoms with van der Waals surface area (Å²) in [6.07, 6.45) is 0.422. The Hall–Kier alpha value is -2.17. The molecule has 5 nitrogen and oxygen atoms in total. The van der Waals surface area contributed by atoms with Crippen molar-refractivity contribution in [1.29, 1.82) is 0 Å². The van der Waals surface area contributed by atoms with Crippen LogP contribution in [0.4, 0.5) is 5.69 Å². The van der Waals surface area contributed by atoms with E-state index in [1.807, 2.05) is 0 Å². The van der Waals surface area contributed by atoms with Gasteiger partial charge < -0.3 is 10.4 Å². The molecule has 0 fully saturated rings. The van der Waals surface area contributed by atoms with Crippen LogP contribution in [0.25, 0.3) is 0 Å². The van der Waals surface area contributed by atoms with Gasteiger partial charge in [0, 0.05) is 24.1 Å². The van der Waals surface area contributed by atoms with Gasteiger partial charge in [0.05, 0.1) is 0 Å². The molecule has 96 valence electrons. The summed E-state index contributed by atoms with van der Waals surface area (Å²) in [6.45, 7) is 1.45. The van der Waals surface area contributed by atoms with E-state index in [1.165, 1.54) is 6.92 Å². The normalized spacial score (nSPS) is 9.83. The average molecular weight is 249 g/mol. The number of hydrogen-bond donors (Lipinski definition) is 2. The minimum atomic E-state index is -0.915. The van der Waals surface area contributed by atoms with Gasteiger partial charge in [-0.25, -0.2) is 0 Å². The first kappa shape index (κ1) is 13.9. The Bertz CT molecular complexity index is 468. The molecule has 0 bridgehead atoms. The van der Waals surface area contributed by atoms with E-state index in [2.05, 4.69) is 5.32 Å². The van der Waals surface area contributed by atoms with Crippen molar-refractivity contribution in [1.82, 2.24) is 0 Å². The van der Waals surface area contributed by atoms with Gasteiger partial charge in [-0.3, -0.25) is 14.4 Å². The SMILES string of the molecule is CC(=O)c1cccc(NC(=O)CCCC(=O)O)c1. The molecular weight excluding hydrogens is 234 g/mol. The molecule has 18 heavy (non-hydrogen) atoms. The number of amides is 1. The number of carbonyl (C=O) groups excluding carboxylic acids is 2.